The van der Waals surface area contributed by atoms with Crippen molar-refractivity contribution in [3.8, 4) is 0 Å². The third-order valence-electron chi connectivity index (χ3n) is 17.1. The average molecular weight is 1400 g/mol. The molecule has 0 fully saturated rings. The number of hydrogen-bond acceptors (Lipinski definition) is 8. The molecule has 0 bridgehead atoms. The smallest absolute Gasteiger partial charge is 0.306 e. The molecule has 0 radical (unpaired) electrons. The SMILES string of the molecule is CC/C=C\C/C=C\C/C=C\C/C=C\C/C=C\C/C=C\C/C=C\C/C=C\C/C=C\C/C=C\CCCCCCCCCCC(=O)OC(COC(=O)CCCCCCCCCCCCCCCCCCCCCCC/C=C\C/C=C\C/C=C\C/C=C\C/C=C\CC)COC(OCC[N+](C)(C)C)C(=O)[O-]. The molecular weight excluding hydrogens is 1250 g/mol. The molecule has 0 heterocycles. The zero-order valence-electron chi connectivity index (χ0n) is 65.5. The molecule has 0 saturated carbocycles. The lowest BCUT2D eigenvalue weighted by molar-refractivity contribution is -0.870. The van der Waals surface area contributed by atoms with Gasteiger partial charge in [-0.05, 0) is 135 Å². The molecule has 2 atom stereocenters. The molecule has 0 saturated heterocycles. The van der Waals surface area contributed by atoms with Crippen LogP contribution in [0.1, 0.15) is 322 Å². The van der Waals surface area contributed by atoms with E-state index < -0.39 is 24.3 Å². The molecular formula is C92H151NO8. The number of likely N-dealkylation sites (N-methyl/N-ethyl adjacent to an activating group) is 1. The summed E-state index contributed by atoms with van der Waals surface area (Å²) >= 11 is 0. The van der Waals surface area contributed by atoms with Gasteiger partial charge in [0.1, 0.15) is 13.2 Å². The molecule has 0 aliphatic rings. The van der Waals surface area contributed by atoms with E-state index in [-0.39, 0.29) is 38.6 Å². The number of aliphatic carboxylic acids is 1. The molecule has 0 aromatic carbocycles. The highest BCUT2D eigenvalue weighted by molar-refractivity contribution is 5.70. The number of carbonyl (C=O) groups is 3. The number of nitrogens with zero attached hydrogens (tertiary/aromatic N) is 1. The fourth-order valence-electron chi connectivity index (χ4n) is 11.0. The summed E-state index contributed by atoms with van der Waals surface area (Å²) in [6.07, 6.45) is 119. The van der Waals surface area contributed by atoms with Gasteiger partial charge in [-0.3, -0.25) is 9.59 Å². The van der Waals surface area contributed by atoms with E-state index in [9.17, 15) is 19.5 Å². The number of unbranched alkanes of at least 4 members (excludes halogenated alkanes) is 29. The van der Waals surface area contributed by atoms with Gasteiger partial charge in [-0.2, -0.15) is 0 Å². The number of esters is 2. The molecule has 0 aromatic heterocycles. The Morgan fingerprint density at radius 2 is 0.535 bits per heavy atom. The van der Waals surface area contributed by atoms with Crippen LogP contribution in [0.2, 0.25) is 0 Å². The highest BCUT2D eigenvalue weighted by Gasteiger charge is 2.22. The molecule has 572 valence electrons. The topological polar surface area (TPSA) is 111 Å². The third kappa shape index (κ3) is 81.6. The Labute approximate surface area is 621 Å². The Morgan fingerprint density at radius 3 is 0.792 bits per heavy atom. The maximum Gasteiger partial charge on any atom is 0.306 e. The Morgan fingerprint density at radius 1 is 0.297 bits per heavy atom. The molecule has 0 N–H and O–H groups in total. The van der Waals surface area contributed by atoms with Gasteiger partial charge >= 0.3 is 11.9 Å². The Bertz CT molecular complexity index is 2330. The van der Waals surface area contributed by atoms with Gasteiger partial charge in [-0.15, -0.1) is 0 Å². The van der Waals surface area contributed by atoms with Crippen LogP contribution in [-0.2, 0) is 33.3 Å². The normalized spacial score (nSPS) is 13.6. The zero-order chi connectivity index (χ0) is 73.2. The molecule has 0 aliphatic heterocycles. The molecule has 0 amide bonds. The fraction of sp³-hybridized carbons (Fsp3) is 0.641. The van der Waals surface area contributed by atoms with Gasteiger partial charge in [-0.25, -0.2) is 0 Å². The monoisotopic (exact) mass is 1400 g/mol. The summed E-state index contributed by atoms with van der Waals surface area (Å²) in [6, 6.07) is 0. The molecule has 0 spiro atoms. The predicted octanol–water partition coefficient (Wildman–Crippen LogP) is 25.4. The number of carboxylic acids is 1. The average Bonchev–Trinajstić information content (AvgIpc) is 1.21. The summed E-state index contributed by atoms with van der Waals surface area (Å²) in [5, 5.41) is 11.9. The van der Waals surface area contributed by atoms with Gasteiger partial charge in [0.15, 0.2) is 12.4 Å². The lowest BCUT2D eigenvalue weighted by Crippen LogP contribution is -2.44. The number of hydrogen-bond donors (Lipinski definition) is 0. The van der Waals surface area contributed by atoms with Gasteiger partial charge in [-0.1, -0.05) is 357 Å². The van der Waals surface area contributed by atoms with Gasteiger partial charge in [0, 0.05) is 12.8 Å². The van der Waals surface area contributed by atoms with Crippen LogP contribution in [-0.4, -0.2) is 82.3 Å². The summed E-state index contributed by atoms with van der Waals surface area (Å²) < 4.78 is 22.9. The first kappa shape index (κ1) is 95.4. The minimum atomic E-state index is -1.63. The van der Waals surface area contributed by atoms with E-state index in [0.717, 1.165) is 141 Å². The van der Waals surface area contributed by atoms with Crippen LogP contribution in [0.25, 0.3) is 0 Å². The van der Waals surface area contributed by atoms with Crippen LogP contribution in [0.5, 0.6) is 0 Å². The summed E-state index contributed by atoms with van der Waals surface area (Å²) in [6.45, 7) is 4.52. The number of carboxylic acid groups (broad SMARTS) is 1. The number of ether oxygens (including phenoxy) is 4. The van der Waals surface area contributed by atoms with Crippen LogP contribution >= 0.6 is 0 Å². The molecule has 9 heteroatoms. The van der Waals surface area contributed by atoms with Crippen molar-refractivity contribution in [2.75, 3.05) is 47.5 Å². The highest BCUT2D eigenvalue weighted by Crippen LogP contribution is 2.18. The maximum atomic E-state index is 13.0. The zero-order valence-corrected chi connectivity index (χ0v) is 65.5. The van der Waals surface area contributed by atoms with Gasteiger partial charge < -0.3 is 33.3 Å². The molecule has 0 aromatic rings. The van der Waals surface area contributed by atoms with Crippen LogP contribution in [0.3, 0.4) is 0 Å². The second-order valence-corrected chi connectivity index (χ2v) is 27.9. The van der Waals surface area contributed by atoms with Crippen LogP contribution in [0.15, 0.2) is 182 Å². The maximum absolute atomic E-state index is 13.0. The first-order chi connectivity index (χ1) is 49.6. The number of carbonyl (C=O) groups excluding carboxylic acids is 3. The number of allylic oxidation sites excluding steroid dienone is 30. The van der Waals surface area contributed by atoms with E-state index in [4.69, 9.17) is 18.9 Å². The van der Waals surface area contributed by atoms with Gasteiger partial charge in [0.25, 0.3) is 0 Å². The minimum Gasteiger partial charge on any atom is -0.545 e. The summed E-state index contributed by atoms with van der Waals surface area (Å²) in [7, 11) is 5.93. The van der Waals surface area contributed by atoms with E-state index in [2.05, 4.69) is 196 Å². The van der Waals surface area contributed by atoms with Crippen molar-refractivity contribution in [1.82, 2.24) is 0 Å². The van der Waals surface area contributed by atoms with Crippen molar-refractivity contribution >= 4 is 17.9 Å². The van der Waals surface area contributed by atoms with Gasteiger partial charge in [0.05, 0.1) is 40.3 Å². The summed E-state index contributed by atoms with van der Waals surface area (Å²) in [4.78, 5) is 37.6. The lowest BCUT2D eigenvalue weighted by Gasteiger charge is -2.26. The second-order valence-electron chi connectivity index (χ2n) is 27.9. The van der Waals surface area contributed by atoms with E-state index in [1.807, 2.05) is 21.1 Å². The molecule has 9 nitrogen and oxygen atoms in total. The van der Waals surface area contributed by atoms with Crippen molar-refractivity contribution in [1.29, 1.82) is 0 Å². The van der Waals surface area contributed by atoms with E-state index in [0.29, 0.717) is 17.4 Å². The van der Waals surface area contributed by atoms with Crippen molar-refractivity contribution < 1.29 is 42.9 Å². The fourth-order valence-corrected chi connectivity index (χ4v) is 11.0. The van der Waals surface area contributed by atoms with Crippen molar-refractivity contribution in [2.24, 2.45) is 0 Å². The summed E-state index contributed by atoms with van der Waals surface area (Å²) in [5.41, 5.74) is 0. The van der Waals surface area contributed by atoms with E-state index in [1.54, 1.807) is 0 Å². The third-order valence-corrected chi connectivity index (χ3v) is 17.1. The number of quaternary nitrogens is 1. The first-order valence-corrected chi connectivity index (χ1v) is 40.9. The van der Waals surface area contributed by atoms with E-state index in [1.165, 1.54) is 148 Å². The first-order valence-electron chi connectivity index (χ1n) is 40.9. The molecule has 0 aliphatic carbocycles. The van der Waals surface area contributed by atoms with Crippen molar-refractivity contribution in [2.45, 2.75) is 334 Å². The quantitative estimate of drug-likeness (QED) is 0.0195. The predicted molar refractivity (Wildman–Crippen MR) is 435 cm³/mol. The molecule has 0 rings (SSSR count). The molecule has 2 unspecified atom stereocenters. The Hall–Kier alpha value is -5.61. The number of rotatable bonds is 74. The van der Waals surface area contributed by atoms with Gasteiger partial charge in [0.2, 0.25) is 0 Å². The molecule has 101 heavy (non-hydrogen) atoms. The Balaban J connectivity index is 4.09. The van der Waals surface area contributed by atoms with Crippen LogP contribution in [0.4, 0.5) is 0 Å². The van der Waals surface area contributed by atoms with Crippen LogP contribution in [0, 0.1) is 0 Å². The lowest BCUT2D eigenvalue weighted by atomic mass is 10.0. The van der Waals surface area contributed by atoms with Crippen LogP contribution < -0.4 is 5.11 Å². The second kappa shape index (κ2) is 80.1. The standard InChI is InChI=1S/C92H151NO8/c1-6-8-10-12-14-16-18-20-22-24-26-28-30-32-34-36-38-40-42-44-45-47-49-51-53-55-57-59-61-63-65-67-69-71-73-75-77-79-81-83-90(95)101-88(87-100-92(91(96)97)98-85-84-93(3,4)5)86-99-89(94)82-80-78-76-74-72-70-68-66-64-62-60-58-56-54-52-50-48-46-43-41-39-37-35-33-31-29-27-25-23-21-19-17-15-13-11-9-7-2/h8-11,14-17,20-23,26-29,32-35,38,40,44-45,49,51,55,57,61,63,88,92H,6-7,12-13,18-19,24-25,30-31,36-37,39,41-43,46-48,50,52-54,56,58-60,62,64-87H2,1-5H3/b10-8-,11-9-,16-14-,17-15-,22-20-,23-21-,28-26-,29-27-,34-32-,35-33-,40-38-,45-44-,51-49-,57-55-,63-61-. The van der Waals surface area contributed by atoms with Crippen molar-refractivity contribution in [3.63, 3.8) is 0 Å². The largest absolute Gasteiger partial charge is 0.545 e. The highest BCUT2D eigenvalue weighted by atomic mass is 16.7. The summed E-state index contributed by atoms with van der Waals surface area (Å²) in [5.74, 6) is -2.30. The minimum absolute atomic E-state index is 0.139. The van der Waals surface area contributed by atoms with E-state index >= 15 is 0 Å². The Kier molecular flexibility index (Phi) is 75.6. The van der Waals surface area contributed by atoms with Crippen molar-refractivity contribution in [3.05, 3.63) is 182 Å².